The molecule has 1 fully saturated rings. The number of likely N-dealkylation sites (tertiary alicyclic amines) is 1. The predicted molar refractivity (Wildman–Crippen MR) is 96.6 cm³/mol. The van der Waals surface area contributed by atoms with E-state index in [1.807, 2.05) is 23.1 Å². The molecule has 0 saturated carbocycles. The van der Waals surface area contributed by atoms with Gasteiger partial charge in [-0.2, -0.15) is 5.10 Å². The lowest BCUT2D eigenvalue weighted by Gasteiger charge is -2.33. The number of rotatable bonds is 4. The van der Waals surface area contributed by atoms with Crippen molar-refractivity contribution in [2.75, 3.05) is 6.54 Å². The van der Waals surface area contributed by atoms with Gasteiger partial charge in [0.25, 0.3) is 5.91 Å². The zero-order chi connectivity index (χ0) is 17.9. The normalized spacial score (nSPS) is 17.4. The number of hydrogen-bond acceptors (Lipinski definition) is 4. The minimum Gasteiger partial charge on any atom is -0.443 e. The Hall–Kier alpha value is -2.89. The molecule has 0 aliphatic carbocycles. The summed E-state index contributed by atoms with van der Waals surface area (Å²) in [7, 11) is 1.79. The van der Waals surface area contributed by atoms with E-state index >= 15 is 0 Å². The van der Waals surface area contributed by atoms with Crippen LogP contribution in [0.25, 0.3) is 0 Å². The molecule has 1 aromatic carbocycles. The quantitative estimate of drug-likeness (QED) is 0.724. The van der Waals surface area contributed by atoms with Crippen molar-refractivity contribution in [3.63, 3.8) is 0 Å². The Bertz CT molecular complexity index is 884. The van der Waals surface area contributed by atoms with Crippen LogP contribution in [0.3, 0.4) is 0 Å². The molecule has 0 spiro atoms. The lowest BCUT2D eigenvalue weighted by atomic mass is 10.0. The van der Waals surface area contributed by atoms with E-state index in [1.54, 1.807) is 30.2 Å². The lowest BCUT2D eigenvalue weighted by molar-refractivity contribution is 0.0558. The lowest BCUT2D eigenvalue weighted by Crippen LogP contribution is -2.39. The van der Waals surface area contributed by atoms with Gasteiger partial charge in [-0.15, -0.1) is 0 Å². The number of hydrogen-bond donors (Lipinski definition) is 0. The maximum Gasteiger partial charge on any atom is 0.272 e. The summed E-state index contributed by atoms with van der Waals surface area (Å²) in [6.45, 7) is 0.713. The van der Waals surface area contributed by atoms with E-state index in [-0.39, 0.29) is 11.9 Å². The molecule has 0 N–H and O–H groups in total. The van der Waals surface area contributed by atoms with Crippen LogP contribution >= 0.6 is 0 Å². The fourth-order valence-electron chi connectivity index (χ4n) is 3.52. The molecule has 26 heavy (non-hydrogen) atoms. The highest BCUT2D eigenvalue weighted by Gasteiger charge is 2.33. The molecule has 0 unspecified atom stereocenters. The molecular weight excluding hydrogens is 328 g/mol. The van der Waals surface area contributed by atoms with Crippen molar-refractivity contribution >= 4 is 5.91 Å². The molecule has 0 radical (unpaired) electrons. The van der Waals surface area contributed by atoms with Gasteiger partial charge in [0.1, 0.15) is 17.5 Å². The number of nitrogens with zero attached hydrogens (tertiary/aromatic N) is 4. The van der Waals surface area contributed by atoms with Gasteiger partial charge in [0, 0.05) is 26.2 Å². The van der Waals surface area contributed by atoms with Crippen molar-refractivity contribution in [1.82, 2.24) is 19.7 Å². The number of carbonyl (C=O) groups is 1. The molecule has 1 amide bonds. The molecule has 6 heteroatoms. The van der Waals surface area contributed by atoms with Gasteiger partial charge in [-0.25, -0.2) is 4.98 Å². The maximum absolute atomic E-state index is 13.0. The Morgan fingerprint density at radius 1 is 1.23 bits per heavy atom. The van der Waals surface area contributed by atoms with Crippen molar-refractivity contribution in [2.24, 2.45) is 7.05 Å². The summed E-state index contributed by atoms with van der Waals surface area (Å²) in [5.74, 6) is 1.44. The number of aromatic nitrogens is 3. The van der Waals surface area contributed by atoms with E-state index in [9.17, 15) is 4.79 Å². The van der Waals surface area contributed by atoms with Crippen LogP contribution in [-0.2, 0) is 13.5 Å². The number of aryl methyl sites for hydroxylation is 1. The second kappa shape index (κ2) is 7.15. The maximum atomic E-state index is 13.0. The Labute approximate surface area is 152 Å². The van der Waals surface area contributed by atoms with Gasteiger partial charge >= 0.3 is 0 Å². The third-order valence-electron chi connectivity index (χ3n) is 4.88. The zero-order valence-corrected chi connectivity index (χ0v) is 14.8. The topological polar surface area (TPSA) is 64.2 Å². The van der Waals surface area contributed by atoms with Crippen LogP contribution in [0.4, 0.5) is 0 Å². The molecule has 1 aliphatic heterocycles. The highest BCUT2D eigenvalue weighted by Crippen LogP contribution is 2.32. The fourth-order valence-corrected chi connectivity index (χ4v) is 3.52. The van der Waals surface area contributed by atoms with Crippen LogP contribution in [0.15, 0.2) is 53.2 Å². The van der Waals surface area contributed by atoms with Crippen LogP contribution < -0.4 is 0 Å². The number of piperidine rings is 1. The Morgan fingerprint density at radius 2 is 2.08 bits per heavy atom. The first kappa shape index (κ1) is 16.6. The SMILES string of the molecule is Cn1nccc1C(=O)N1CCCC[C@H]1c1ncc(Cc2ccccc2)o1. The summed E-state index contributed by atoms with van der Waals surface area (Å²) in [6.07, 6.45) is 7.07. The van der Waals surface area contributed by atoms with Gasteiger partial charge < -0.3 is 9.32 Å². The Balaban J connectivity index is 1.55. The van der Waals surface area contributed by atoms with Gasteiger partial charge in [0.15, 0.2) is 0 Å². The smallest absolute Gasteiger partial charge is 0.272 e. The summed E-state index contributed by atoms with van der Waals surface area (Å²) in [5.41, 5.74) is 1.77. The van der Waals surface area contributed by atoms with E-state index in [2.05, 4.69) is 22.2 Å². The molecule has 0 bridgehead atoms. The van der Waals surface area contributed by atoms with Crippen molar-refractivity contribution in [1.29, 1.82) is 0 Å². The molecule has 3 heterocycles. The molecule has 3 aromatic rings. The monoisotopic (exact) mass is 350 g/mol. The molecule has 4 rings (SSSR count). The summed E-state index contributed by atoms with van der Waals surface area (Å²) < 4.78 is 7.64. The Kier molecular flexibility index (Phi) is 4.56. The van der Waals surface area contributed by atoms with Crippen molar-refractivity contribution in [3.8, 4) is 0 Å². The zero-order valence-electron chi connectivity index (χ0n) is 14.8. The van der Waals surface area contributed by atoms with Gasteiger partial charge in [0.2, 0.25) is 5.89 Å². The van der Waals surface area contributed by atoms with Crippen LogP contribution in [-0.4, -0.2) is 32.1 Å². The van der Waals surface area contributed by atoms with Crippen LogP contribution in [0.1, 0.15) is 53.0 Å². The van der Waals surface area contributed by atoms with Crippen LogP contribution in [0.5, 0.6) is 0 Å². The van der Waals surface area contributed by atoms with Crippen LogP contribution in [0.2, 0.25) is 0 Å². The van der Waals surface area contributed by atoms with E-state index in [0.717, 1.165) is 25.0 Å². The van der Waals surface area contributed by atoms with Crippen molar-refractivity contribution < 1.29 is 9.21 Å². The van der Waals surface area contributed by atoms with E-state index in [4.69, 9.17) is 4.42 Å². The second-order valence-corrected chi connectivity index (χ2v) is 6.68. The third kappa shape index (κ3) is 3.27. The molecule has 6 nitrogen and oxygen atoms in total. The first-order chi connectivity index (χ1) is 12.7. The summed E-state index contributed by atoms with van der Waals surface area (Å²) >= 11 is 0. The number of amides is 1. The van der Waals surface area contributed by atoms with Gasteiger partial charge in [-0.3, -0.25) is 9.48 Å². The van der Waals surface area contributed by atoms with E-state index in [0.29, 0.717) is 24.6 Å². The molecule has 2 aromatic heterocycles. The highest BCUT2D eigenvalue weighted by molar-refractivity contribution is 5.92. The largest absolute Gasteiger partial charge is 0.443 e. The van der Waals surface area contributed by atoms with Gasteiger partial charge in [-0.05, 0) is 30.9 Å². The van der Waals surface area contributed by atoms with E-state index < -0.39 is 0 Å². The van der Waals surface area contributed by atoms with E-state index in [1.165, 1.54) is 5.56 Å². The molecule has 1 aliphatic rings. The summed E-state index contributed by atoms with van der Waals surface area (Å²) in [5, 5.41) is 4.11. The number of oxazole rings is 1. The molecular formula is C20H22N4O2. The van der Waals surface area contributed by atoms with Crippen molar-refractivity contribution in [2.45, 2.75) is 31.7 Å². The van der Waals surface area contributed by atoms with Gasteiger partial charge in [-0.1, -0.05) is 30.3 Å². The predicted octanol–water partition coefficient (Wildman–Crippen LogP) is 3.37. The number of benzene rings is 1. The van der Waals surface area contributed by atoms with Crippen LogP contribution in [0, 0.1) is 0 Å². The standard InChI is InChI=1S/C20H22N4O2/c1-23-18(10-11-22-23)20(25)24-12-6-5-9-17(24)19-21-14-16(26-19)13-15-7-3-2-4-8-15/h2-4,7-8,10-11,14,17H,5-6,9,12-13H2,1H3/t17-/m0/s1. The minimum absolute atomic E-state index is 0.0162. The van der Waals surface area contributed by atoms with Crippen molar-refractivity contribution in [3.05, 3.63) is 71.7 Å². The van der Waals surface area contributed by atoms with Gasteiger partial charge in [0.05, 0.1) is 6.20 Å². The first-order valence-corrected chi connectivity index (χ1v) is 9.00. The number of carbonyl (C=O) groups excluding carboxylic acids is 1. The second-order valence-electron chi connectivity index (χ2n) is 6.68. The summed E-state index contributed by atoms with van der Waals surface area (Å²) in [6, 6.07) is 11.8. The highest BCUT2D eigenvalue weighted by atomic mass is 16.4. The minimum atomic E-state index is -0.115. The Morgan fingerprint density at radius 3 is 2.85 bits per heavy atom. The molecule has 1 saturated heterocycles. The molecule has 1 atom stereocenters. The average molecular weight is 350 g/mol. The third-order valence-corrected chi connectivity index (χ3v) is 4.88. The molecule has 134 valence electrons. The average Bonchev–Trinajstić information content (AvgIpc) is 3.31. The fraction of sp³-hybridized carbons (Fsp3) is 0.350. The summed E-state index contributed by atoms with van der Waals surface area (Å²) in [4.78, 5) is 19.3. The first-order valence-electron chi connectivity index (χ1n) is 9.00.